The third-order valence-electron chi connectivity index (χ3n) is 4.75. The van der Waals surface area contributed by atoms with E-state index in [2.05, 4.69) is 0 Å². The van der Waals surface area contributed by atoms with Crippen LogP contribution < -0.4 is 5.73 Å². The molecule has 0 aromatic heterocycles. The normalized spacial score (nSPS) is 14.2. The Morgan fingerprint density at radius 3 is 2.55 bits per heavy atom. The second-order valence-corrected chi connectivity index (χ2v) is 7.87. The first-order chi connectivity index (χ1) is 13.9. The molecule has 0 amide bonds. The van der Waals surface area contributed by atoms with Crippen molar-refractivity contribution >= 4 is 17.6 Å². The average molecular weight is 420 g/mol. The molecule has 0 aliphatic rings. The van der Waals surface area contributed by atoms with E-state index in [1.54, 1.807) is 13.8 Å². The van der Waals surface area contributed by atoms with Crippen LogP contribution in [-0.2, 0) is 20.7 Å². The van der Waals surface area contributed by atoms with Gasteiger partial charge in [0.05, 0.1) is 31.8 Å². The molecule has 0 saturated carbocycles. The lowest BCUT2D eigenvalue weighted by atomic mass is 9.82. The van der Waals surface area contributed by atoms with Crippen LogP contribution in [0.4, 0.5) is 0 Å². The third-order valence-corrected chi connectivity index (χ3v) is 4.98. The van der Waals surface area contributed by atoms with Gasteiger partial charge in [-0.05, 0) is 55.5 Å². The first kappa shape index (κ1) is 23.4. The van der Waals surface area contributed by atoms with Crippen molar-refractivity contribution in [1.82, 2.24) is 0 Å². The van der Waals surface area contributed by atoms with Gasteiger partial charge in [0, 0.05) is 11.1 Å². The summed E-state index contributed by atoms with van der Waals surface area (Å²) in [5.74, 6) is -0.329. The van der Waals surface area contributed by atoms with E-state index in [0.717, 1.165) is 16.7 Å². The van der Waals surface area contributed by atoms with Crippen LogP contribution in [0.1, 0.15) is 25.8 Å². The Hall–Kier alpha value is -1.92. The predicted octanol–water partition coefficient (Wildman–Crippen LogP) is 3.85. The minimum Gasteiger partial charge on any atom is -0.466 e. The Morgan fingerprint density at radius 1 is 1.21 bits per heavy atom. The molecule has 0 aliphatic heterocycles. The molecule has 0 fully saturated rings. The van der Waals surface area contributed by atoms with Crippen LogP contribution in [0.2, 0.25) is 5.02 Å². The number of rotatable bonds is 11. The van der Waals surface area contributed by atoms with Gasteiger partial charge in [0.15, 0.2) is 0 Å². The van der Waals surface area contributed by atoms with Crippen LogP contribution in [0.3, 0.4) is 0 Å². The summed E-state index contributed by atoms with van der Waals surface area (Å²) in [7, 11) is 0. The zero-order chi connectivity index (χ0) is 21.3. The number of aliphatic hydroxyl groups is 1. The van der Waals surface area contributed by atoms with Crippen molar-refractivity contribution in [1.29, 1.82) is 0 Å². The molecule has 0 bridgehead atoms. The van der Waals surface area contributed by atoms with Gasteiger partial charge in [0.2, 0.25) is 0 Å². The van der Waals surface area contributed by atoms with Crippen LogP contribution in [0.5, 0.6) is 0 Å². The predicted molar refractivity (Wildman–Crippen MR) is 116 cm³/mol. The number of nitrogens with two attached hydrogens (primary N) is 1. The van der Waals surface area contributed by atoms with Gasteiger partial charge in [-0.1, -0.05) is 48.0 Å². The van der Waals surface area contributed by atoms with Crippen LogP contribution in [0.15, 0.2) is 48.5 Å². The summed E-state index contributed by atoms with van der Waals surface area (Å²) in [5, 5.41) is 9.63. The summed E-state index contributed by atoms with van der Waals surface area (Å²) in [5.41, 5.74) is 8.74. The largest absolute Gasteiger partial charge is 0.466 e. The van der Waals surface area contributed by atoms with Crippen molar-refractivity contribution < 1.29 is 19.4 Å². The second kappa shape index (κ2) is 11.3. The molecule has 2 atom stereocenters. The number of benzene rings is 2. The van der Waals surface area contributed by atoms with Crippen molar-refractivity contribution in [3.63, 3.8) is 0 Å². The Morgan fingerprint density at radius 2 is 1.93 bits per heavy atom. The first-order valence-electron chi connectivity index (χ1n) is 9.84. The molecule has 3 N–H and O–H groups in total. The van der Waals surface area contributed by atoms with Gasteiger partial charge in [0.25, 0.3) is 0 Å². The fourth-order valence-electron chi connectivity index (χ4n) is 3.32. The Kier molecular flexibility index (Phi) is 9.11. The van der Waals surface area contributed by atoms with Crippen LogP contribution in [0, 0.1) is 5.41 Å². The number of ether oxygens (including phenoxy) is 2. The number of aliphatic hydroxyl groups excluding tert-OH is 1. The molecular weight excluding hydrogens is 390 g/mol. The van der Waals surface area contributed by atoms with Crippen LogP contribution >= 0.6 is 11.6 Å². The molecule has 0 saturated heterocycles. The Labute approximate surface area is 177 Å². The summed E-state index contributed by atoms with van der Waals surface area (Å²) >= 11 is 6.07. The highest BCUT2D eigenvalue weighted by atomic mass is 35.5. The van der Waals surface area contributed by atoms with E-state index >= 15 is 0 Å². The number of halogens is 1. The fourth-order valence-corrected chi connectivity index (χ4v) is 3.51. The standard InChI is InChI=1S/C23H30ClNO4/c1-3-29-22(27)23(2,16-28-12-11-26)15-21(25)13-17-7-9-18(10-8-17)19-5-4-6-20(24)14-19/h4-10,14,21,26H,3,11-13,15-16,25H2,1-2H3/t21-,23+/m1/s1. The molecule has 5 nitrogen and oxygen atoms in total. The molecule has 0 radical (unpaired) electrons. The maximum atomic E-state index is 12.4. The van der Waals surface area contributed by atoms with Gasteiger partial charge in [-0.3, -0.25) is 4.79 Å². The van der Waals surface area contributed by atoms with Gasteiger partial charge in [-0.25, -0.2) is 0 Å². The van der Waals surface area contributed by atoms with Crippen molar-refractivity contribution in [3.05, 3.63) is 59.1 Å². The number of carbonyl (C=O) groups excluding carboxylic acids is 1. The fraction of sp³-hybridized carbons (Fsp3) is 0.435. The third kappa shape index (κ3) is 7.12. The monoisotopic (exact) mass is 419 g/mol. The number of hydrogen-bond acceptors (Lipinski definition) is 5. The van der Waals surface area contributed by atoms with E-state index in [-0.39, 0.29) is 31.8 Å². The molecule has 2 aromatic carbocycles. The molecule has 0 unspecified atom stereocenters. The van der Waals surface area contributed by atoms with E-state index in [1.807, 2.05) is 48.5 Å². The molecular formula is C23H30ClNO4. The number of carbonyl (C=O) groups is 1. The highest BCUT2D eigenvalue weighted by molar-refractivity contribution is 6.30. The van der Waals surface area contributed by atoms with Gasteiger partial charge < -0.3 is 20.3 Å². The van der Waals surface area contributed by atoms with Gasteiger partial charge in [0.1, 0.15) is 0 Å². The molecule has 29 heavy (non-hydrogen) atoms. The maximum absolute atomic E-state index is 12.4. The van der Waals surface area contributed by atoms with Gasteiger partial charge >= 0.3 is 5.97 Å². The molecule has 2 aromatic rings. The lowest BCUT2D eigenvalue weighted by molar-refractivity contribution is -0.159. The molecule has 158 valence electrons. The highest BCUT2D eigenvalue weighted by Crippen LogP contribution is 2.28. The Bertz CT molecular complexity index is 781. The lowest BCUT2D eigenvalue weighted by Crippen LogP contribution is -2.41. The molecule has 2 rings (SSSR count). The zero-order valence-corrected chi connectivity index (χ0v) is 17.8. The van der Waals surface area contributed by atoms with Crippen molar-refractivity contribution in [2.24, 2.45) is 11.1 Å². The first-order valence-corrected chi connectivity index (χ1v) is 10.2. The van der Waals surface area contributed by atoms with E-state index in [1.165, 1.54) is 0 Å². The summed E-state index contributed by atoms with van der Waals surface area (Å²) in [6, 6.07) is 15.7. The second-order valence-electron chi connectivity index (χ2n) is 7.43. The number of esters is 1. The maximum Gasteiger partial charge on any atom is 0.314 e. The minimum absolute atomic E-state index is 0.0933. The van der Waals surface area contributed by atoms with Crippen molar-refractivity contribution in [3.8, 4) is 11.1 Å². The van der Waals surface area contributed by atoms with E-state index in [4.69, 9.17) is 31.9 Å². The van der Waals surface area contributed by atoms with Crippen molar-refractivity contribution in [2.75, 3.05) is 26.4 Å². The summed E-state index contributed by atoms with van der Waals surface area (Å²) < 4.78 is 10.6. The highest BCUT2D eigenvalue weighted by Gasteiger charge is 2.37. The lowest BCUT2D eigenvalue weighted by Gasteiger charge is -2.29. The van der Waals surface area contributed by atoms with E-state index in [0.29, 0.717) is 24.5 Å². The quantitative estimate of drug-likeness (QED) is 0.427. The SMILES string of the molecule is CCOC(=O)[C@](C)(COCCO)C[C@H](N)Cc1ccc(-c2cccc(Cl)c2)cc1. The van der Waals surface area contributed by atoms with Gasteiger partial charge in [-0.2, -0.15) is 0 Å². The van der Waals surface area contributed by atoms with E-state index in [9.17, 15) is 4.79 Å². The zero-order valence-electron chi connectivity index (χ0n) is 17.1. The van der Waals surface area contributed by atoms with E-state index < -0.39 is 5.41 Å². The minimum atomic E-state index is -0.856. The molecule has 0 heterocycles. The summed E-state index contributed by atoms with van der Waals surface area (Å²) in [4.78, 5) is 12.4. The average Bonchev–Trinajstić information content (AvgIpc) is 2.69. The van der Waals surface area contributed by atoms with Crippen LogP contribution in [0.25, 0.3) is 11.1 Å². The van der Waals surface area contributed by atoms with Gasteiger partial charge in [-0.15, -0.1) is 0 Å². The summed E-state index contributed by atoms with van der Waals surface area (Å²) in [6.07, 6.45) is 1.05. The van der Waals surface area contributed by atoms with Crippen LogP contribution in [-0.4, -0.2) is 43.5 Å². The molecule has 0 spiro atoms. The Balaban J connectivity index is 2.03. The smallest absolute Gasteiger partial charge is 0.314 e. The topological polar surface area (TPSA) is 81.8 Å². The van der Waals surface area contributed by atoms with Crippen molar-refractivity contribution in [2.45, 2.75) is 32.7 Å². The summed E-state index contributed by atoms with van der Waals surface area (Å²) in [6.45, 7) is 4.11. The number of hydrogen-bond donors (Lipinski definition) is 2. The molecule has 0 aliphatic carbocycles. The molecule has 6 heteroatoms.